The monoisotopic (exact) mass is 422 g/mol. The van der Waals surface area contributed by atoms with Gasteiger partial charge in [0.05, 0.1) is 11.7 Å². The number of halogens is 3. The first-order valence-electron chi connectivity index (χ1n) is 9.79. The van der Waals surface area contributed by atoms with Crippen LogP contribution in [-0.4, -0.2) is 66.2 Å². The number of aliphatic hydroxyl groups excluding tert-OH is 1. The van der Waals surface area contributed by atoms with Crippen molar-refractivity contribution in [2.24, 2.45) is 0 Å². The van der Waals surface area contributed by atoms with Crippen LogP contribution in [0.2, 0.25) is 0 Å². The van der Waals surface area contributed by atoms with Crippen LogP contribution < -0.4 is 10.6 Å². The summed E-state index contributed by atoms with van der Waals surface area (Å²) >= 11 is 0. The third-order valence-corrected chi connectivity index (χ3v) is 5.08. The molecule has 2 heterocycles. The van der Waals surface area contributed by atoms with Crippen molar-refractivity contribution < 1.29 is 23.1 Å². The number of hydrogen-bond donors (Lipinski definition) is 3. The number of nitrogens with one attached hydrogen (secondary N) is 2. The van der Waals surface area contributed by atoms with Gasteiger partial charge in [0.25, 0.3) is 5.91 Å². The van der Waals surface area contributed by atoms with Crippen LogP contribution in [0.1, 0.15) is 17.4 Å². The molecule has 162 valence electrons. The van der Waals surface area contributed by atoms with Gasteiger partial charge in [-0.2, -0.15) is 8.78 Å². The van der Waals surface area contributed by atoms with Gasteiger partial charge >= 0.3 is 6.43 Å². The molecule has 1 aromatic carbocycles. The van der Waals surface area contributed by atoms with Crippen molar-refractivity contribution >= 4 is 5.91 Å². The second-order valence-corrected chi connectivity index (χ2v) is 7.20. The molecule has 1 fully saturated rings. The van der Waals surface area contributed by atoms with Gasteiger partial charge in [0.2, 0.25) is 0 Å². The van der Waals surface area contributed by atoms with Gasteiger partial charge in [-0.3, -0.25) is 14.7 Å². The van der Waals surface area contributed by atoms with E-state index in [0.717, 1.165) is 49.5 Å². The Labute approximate surface area is 173 Å². The molecule has 3 N–H and O–H groups in total. The first-order chi connectivity index (χ1) is 14.5. The van der Waals surface area contributed by atoms with Crippen LogP contribution in [0.4, 0.5) is 13.2 Å². The van der Waals surface area contributed by atoms with Crippen molar-refractivity contribution in [1.29, 1.82) is 0 Å². The van der Waals surface area contributed by atoms with Crippen molar-refractivity contribution in [2.45, 2.75) is 25.1 Å². The Hall–Kier alpha value is -2.49. The molecule has 0 aliphatic carbocycles. The van der Waals surface area contributed by atoms with Crippen molar-refractivity contribution in [3.63, 3.8) is 0 Å². The number of aromatic nitrogens is 1. The first-order valence-corrected chi connectivity index (χ1v) is 9.79. The van der Waals surface area contributed by atoms with Crippen LogP contribution in [0.15, 0.2) is 42.6 Å². The number of pyridine rings is 1. The van der Waals surface area contributed by atoms with E-state index in [1.807, 2.05) is 17.4 Å². The number of amides is 1. The van der Waals surface area contributed by atoms with Gasteiger partial charge in [-0.25, -0.2) is 4.39 Å². The fourth-order valence-electron chi connectivity index (χ4n) is 3.34. The smallest absolute Gasteiger partial charge is 0.315 e. The van der Waals surface area contributed by atoms with E-state index in [4.69, 9.17) is 0 Å². The number of hydrogen-bond acceptors (Lipinski definition) is 5. The summed E-state index contributed by atoms with van der Waals surface area (Å²) in [6.45, 7) is 3.56. The van der Waals surface area contributed by atoms with Crippen LogP contribution in [0.25, 0.3) is 11.1 Å². The minimum atomic E-state index is -3.27. The van der Waals surface area contributed by atoms with Crippen LogP contribution in [0.5, 0.6) is 0 Å². The molecule has 0 spiro atoms. The highest BCUT2D eigenvalue weighted by Gasteiger charge is 2.26. The standard InChI is InChI=1S/C21H25F3N4O2/c22-11-18(27-21(30)20(23)24)19(29)15-3-1-14(2-4-15)16-5-6-17(26-12-16)13-28-9-7-25-8-10-28/h1-6,12,18-20,25,29H,7-11,13H2,(H,27,30). The lowest BCUT2D eigenvalue weighted by Gasteiger charge is -2.26. The van der Waals surface area contributed by atoms with Gasteiger partial charge in [-0.1, -0.05) is 30.3 Å². The minimum Gasteiger partial charge on any atom is -0.386 e. The third kappa shape index (κ3) is 5.78. The van der Waals surface area contributed by atoms with Gasteiger partial charge in [-0.05, 0) is 17.2 Å². The normalized spacial score (nSPS) is 17.0. The molecule has 1 aliphatic rings. The zero-order valence-corrected chi connectivity index (χ0v) is 16.4. The second kappa shape index (κ2) is 10.5. The second-order valence-electron chi connectivity index (χ2n) is 7.20. The number of carbonyl (C=O) groups excluding carboxylic acids is 1. The van der Waals surface area contributed by atoms with E-state index in [9.17, 15) is 23.1 Å². The summed E-state index contributed by atoms with van der Waals surface area (Å²) in [5.74, 6) is -1.61. The third-order valence-electron chi connectivity index (χ3n) is 5.08. The predicted molar refractivity (Wildman–Crippen MR) is 107 cm³/mol. The topological polar surface area (TPSA) is 77.5 Å². The van der Waals surface area contributed by atoms with Gasteiger partial charge in [0.1, 0.15) is 12.8 Å². The summed E-state index contributed by atoms with van der Waals surface area (Å²) in [4.78, 5) is 17.9. The Morgan fingerprint density at radius 1 is 1.13 bits per heavy atom. The molecule has 0 saturated carbocycles. The SMILES string of the molecule is O=C(NC(CF)C(O)c1ccc(-c2ccc(CN3CCNCC3)nc2)cc1)C(F)F. The summed E-state index contributed by atoms with van der Waals surface area (Å²) in [6, 6.07) is 9.11. The molecule has 2 atom stereocenters. The maximum absolute atomic E-state index is 13.1. The van der Waals surface area contributed by atoms with Gasteiger partial charge in [0, 0.05) is 44.5 Å². The molecule has 1 aliphatic heterocycles. The van der Waals surface area contributed by atoms with E-state index in [2.05, 4.69) is 15.2 Å². The van der Waals surface area contributed by atoms with Crippen LogP contribution in [0.3, 0.4) is 0 Å². The zero-order chi connectivity index (χ0) is 21.5. The lowest BCUT2D eigenvalue weighted by Crippen LogP contribution is -2.43. The molecule has 6 nitrogen and oxygen atoms in total. The summed E-state index contributed by atoms with van der Waals surface area (Å²) in [5.41, 5.74) is 3.03. The Kier molecular flexibility index (Phi) is 7.78. The van der Waals surface area contributed by atoms with E-state index in [1.54, 1.807) is 30.5 Å². The van der Waals surface area contributed by atoms with Crippen LogP contribution in [0, 0.1) is 0 Å². The molecule has 0 radical (unpaired) electrons. The number of aliphatic hydroxyl groups is 1. The van der Waals surface area contributed by atoms with Crippen molar-refractivity contribution in [1.82, 2.24) is 20.5 Å². The highest BCUT2D eigenvalue weighted by molar-refractivity contribution is 5.79. The highest BCUT2D eigenvalue weighted by atomic mass is 19.3. The molecule has 3 rings (SSSR count). The van der Waals surface area contributed by atoms with Crippen molar-refractivity contribution in [3.05, 3.63) is 53.9 Å². The number of benzene rings is 1. The lowest BCUT2D eigenvalue weighted by atomic mass is 9.99. The van der Waals surface area contributed by atoms with Gasteiger partial charge in [-0.15, -0.1) is 0 Å². The number of carbonyl (C=O) groups is 1. The maximum Gasteiger partial charge on any atom is 0.315 e. The van der Waals surface area contributed by atoms with E-state index in [-0.39, 0.29) is 0 Å². The van der Waals surface area contributed by atoms with E-state index >= 15 is 0 Å². The van der Waals surface area contributed by atoms with Crippen molar-refractivity contribution in [3.8, 4) is 11.1 Å². The molecule has 30 heavy (non-hydrogen) atoms. The molecule has 2 unspecified atom stereocenters. The number of alkyl halides is 3. The molecule has 1 saturated heterocycles. The van der Waals surface area contributed by atoms with Crippen molar-refractivity contribution in [2.75, 3.05) is 32.9 Å². The molecule has 1 amide bonds. The molecular weight excluding hydrogens is 397 g/mol. The Morgan fingerprint density at radius 3 is 2.37 bits per heavy atom. The number of nitrogens with zero attached hydrogens (tertiary/aromatic N) is 2. The van der Waals surface area contributed by atoms with Gasteiger partial charge < -0.3 is 15.7 Å². The minimum absolute atomic E-state index is 0.319. The summed E-state index contributed by atoms with van der Waals surface area (Å²) < 4.78 is 37.9. The van der Waals surface area contributed by atoms with E-state index in [0.29, 0.717) is 5.56 Å². The Bertz CT molecular complexity index is 812. The fraction of sp³-hybridized carbons (Fsp3) is 0.429. The highest BCUT2D eigenvalue weighted by Crippen LogP contribution is 2.24. The molecule has 2 aromatic rings. The molecule has 9 heteroatoms. The van der Waals surface area contributed by atoms with Crippen LogP contribution >= 0.6 is 0 Å². The fourth-order valence-corrected chi connectivity index (χ4v) is 3.34. The number of piperazine rings is 1. The summed E-state index contributed by atoms with van der Waals surface area (Å²) in [7, 11) is 0. The lowest BCUT2D eigenvalue weighted by molar-refractivity contribution is -0.133. The van der Waals surface area contributed by atoms with Crippen LogP contribution in [-0.2, 0) is 11.3 Å². The van der Waals surface area contributed by atoms with E-state index in [1.165, 1.54) is 0 Å². The summed E-state index contributed by atoms with van der Waals surface area (Å²) in [5, 5.41) is 15.4. The largest absolute Gasteiger partial charge is 0.386 e. The Morgan fingerprint density at radius 2 is 1.80 bits per heavy atom. The number of rotatable bonds is 8. The first kappa shape index (κ1) is 22.2. The summed E-state index contributed by atoms with van der Waals surface area (Å²) in [6.07, 6.45) is -2.93. The van der Waals surface area contributed by atoms with Gasteiger partial charge in [0.15, 0.2) is 0 Å². The quantitative estimate of drug-likeness (QED) is 0.606. The molecule has 0 bridgehead atoms. The molecule has 1 aromatic heterocycles. The Balaban J connectivity index is 1.63. The average Bonchev–Trinajstić information content (AvgIpc) is 2.78. The predicted octanol–water partition coefficient (Wildman–Crippen LogP) is 1.91. The van der Waals surface area contributed by atoms with E-state index < -0.39 is 31.2 Å². The average molecular weight is 422 g/mol. The molecular formula is C21H25F3N4O2. The zero-order valence-electron chi connectivity index (χ0n) is 16.4. The maximum atomic E-state index is 13.1.